The molecule has 6 nitrogen and oxygen atoms in total. The van der Waals surface area contributed by atoms with Crippen LogP contribution in [0.5, 0.6) is 23.0 Å². The van der Waals surface area contributed by atoms with Crippen LogP contribution in [0.4, 0.5) is 0 Å². The van der Waals surface area contributed by atoms with Gasteiger partial charge in [-0.25, -0.2) is 9.97 Å². The molecule has 3 heterocycles. The first-order valence-electron chi connectivity index (χ1n) is 7.26. The van der Waals surface area contributed by atoms with Gasteiger partial charge in [0.05, 0.1) is 11.2 Å². The van der Waals surface area contributed by atoms with Crippen LogP contribution in [-0.4, -0.2) is 23.6 Å². The summed E-state index contributed by atoms with van der Waals surface area (Å²) >= 11 is 0. The van der Waals surface area contributed by atoms with Gasteiger partial charge in [0.15, 0.2) is 23.0 Å². The van der Waals surface area contributed by atoms with Crippen molar-refractivity contribution in [2.75, 3.05) is 13.6 Å². The fourth-order valence-corrected chi connectivity index (χ4v) is 2.90. The Bertz CT molecular complexity index is 955. The number of aromatic nitrogens is 2. The molecule has 0 bridgehead atoms. The van der Waals surface area contributed by atoms with Crippen molar-refractivity contribution in [3.63, 3.8) is 0 Å². The first-order valence-corrected chi connectivity index (χ1v) is 7.26. The number of ether oxygens (including phenoxy) is 4. The molecule has 5 rings (SSSR count). The Morgan fingerprint density at radius 3 is 2.30 bits per heavy atom. The van der Waals surface area contributed by atoms with E-state index in [1.165, 1.54) is 0 Å². The first-order chi connectivity index (χ1) is 11.3. The van der Waals surface area contributed by atoms with Crippen molar-refractivity contribution >= 4 is 10.9 Å². The standard InChI is InChI=1S/C17H12N2O4/c1-9-18-12-6-16-15(22-8-23-16)5-11(12)17(19-9)10-2-3-13-14(4-10)21-7-20-13/h2-6H,7-8H2,1H3. The second kappa shape index (κ2) is 4.49. The van der Waals surface area contributed by atoms with Gasteiger partial charge in [-0.05, 0) is 31.2 Å². The Morgan fingerprint density at radius 1 is 0.783 bits per heavy atom. The molecule has 0 unspecified atom stereocenters. The number of fused-ring (bicyclic) bond motifs is 3. The molecular formula is C17H12N2O4. The fourth-order valence-electron chi connectivity index (χ4n) is 2.90. The van der Waals surface area contributed by atoms with Crippen molar-refractivity contribution in [2.24, 2.45) is 0 Å². The van der Waals surface area contributed by atoms with E-state index in [2.05, 4.69) is 9.97 Å². The molecule has 2 aliphatic rings. The molecule has 0 atom stereocenters. The summed E-state index contributed by atoms with van der Waals surface area (Å²) in [5.74, 6) is 3.61. The molecule has 6 heteroatoms. The van der Waals surface area contributed by atoms with Crippen LogP contribution in [0.2, 0.25) is 0 Å². The Morgan fingerprint density at radius 2 is 1.48 bits per heavy atom. The lowest BCUT2D eigenvalue weighted by Gasteiger charge is -2.09. The molecule has 0 saturated carbocycles. The van der Waals surface area contributed by atoms with Crippen molar-refractivity contribution in [1.82, 2.24) is 9.97 Å². The minimum absolute atomic E-state index is 0.234. The molecule has 0 saturated heterocycles. The summed E-state index contributed by atoms with van der Waals surface area (Å²) in [5, 5.41) is 0.915. The highest BCUT2D eigenvalue weighted by atomic mass is 16.7. The third-order valence-electron chi connectivity index (χ3n) is 3.95. The zero-order valence-corrected chi connectivity index (χ0v) is 12.3. The van der Waals surface area contributed by atoms with E-state index >= 15 is 0 Å². The Kier molecular flexibility index (Phi) is 2.44. The Balaban J connectivity index is 1.77. The van der Waals surface area contributed by atoms with Gasteiger partial charge in [-0.3, -0.25) is 0 Å². The second-order valence-corrected chi connectivity index (χ2v) is 5.41. The van der Waals surface area contributed by atoms with Gasteiger partial charge >= 0.3 is 0 Å². The maximum atomic E-state index is 5.48. The summed E-state index contributed by atoms with van der Waals surface area (Å²) in [7, 11) is 0. The van der Waals surface area contributed by atoms with Crippen LogP contribution in [0.3, 0.4) is 0 Å². The summed E-state index contributed by atoms with van der Waals surface area (Å²) < 4.78 is 21.7. The van der Waals surface area contributed by atoms with E-state index in [-0.39, 0.29) is 13.6 Å². The molecule has 0 fully saturated rings. The zero-order valence-electron chi connectivity index (χ0n) is 12.3. The van der Waals surface area contributed by atoms with Crippen molar-refractivity contribution < 1.29 is 18.9 Å². The summed E-state index contributed by atoms with van der Waals surface area (Å²) in [4.78, 5) is 9.13. The van der Waals surface area contributed by atoms with Gasteiger partial charge in [-0.2, -0.15) is 0 Å². The molecule has 0 radical (unpaired) electrons. The number of hydrogen-bond acceptors (Lipinski definition) is 6. The summed E-state index contributed by atoms with van der Waals surface area (Å²) in [6.45, 7) is 2.36. The summed E-state index contributed by atoms with van der Waals surface area (Å²) in [5.41, 5.74) is 2.61. The number of nitrogens with zero attached hydrogens (tertiary/aromatic N) is 2. The van der Waals surface area contributed by atoms with Crippen LogP contribution >= 0.6 is 0 Å². The zero-order chi connectivity index (χ0) is 15.4. The van der Waals surface area contributed by atoms with Gasteiger partial charge < -0.3 is 18.9 Å². The lowest BCUT2D eigenvalue weighted by molar-refractivity contribution is 0.173. The van der Waals surface area contributed by atoms with Crippen molar-refractivity contribution in [3.05, 3.63) is 36.2 Å². The maximum Gasteiger partial charge on any atom is 0.231 e. The Hall–Kier alpha value is -3.02. The second-order valence-electron chi connectivity index (χ2n) is 5.41. The van der Waals surface area contributed by atoms with Crippen LogP contribution in [0.25, 0.3) is 22.2 Å². The van der Waals surface area contributed by atoms with Crippen molar-refractivity contribution in [1.29, 1.82) is 0 Å². The highest BCUT2D eigenvalue weighted by molar-refractivity contribution is 5.95. The van der Waals surface area contributed by atoms with Gasteiger partial charge in [0.2, 0.25) is 13.6 Å². The van der Waals surface area contributed by atoms with Crippen molar-refractivity contribution in [2.45, 2.75) is 6.92 Å². The van der Waals surface area contributed by atoms with Gasteiger partial charge in [-0.15, -0.1) is 0 Å². The molecule has 114 valence electrons. The van der Waals surface area contributed by atoms with Crippen LogP contribution < -0.4 is 18.9 Å². The molecule has 3 aromatic rings. The van der Waals surface area contributed by atoms with E-state index in [0.29, 0.717) is 17.3 Å². The van der Waals surface area contributed by atoms with E-state index in [1.807, 2.05) is 37.3 Å². The fraction of sp³-hybridized carbons (Fsp3) is 0.176. The number of aryl methyl sites for hydroxylation is 1. The lowest BCUT2D eigenvalue weighted by Crippen LogP contribution is -1.94. The predicted octanol–water partition coefficient (Wildman–Crippen LogP) is 3.06. The number of benzene rings is 2. The van der Waals surface area contributed by atoms with Gasteiger partial charge in [0.1, 0.15) is 5.82 Å². The average Bonchev–Trinajstić information content (AvgIpc) is 3.19. The normalized spacial score (nSPS) is 14.5. The van der Waals surface area contributed by atoms with Gasteiger partial charge in [-0.1, -0.05) is 0 Å². The summed E-state index contributed by atoms with van der Waals surface area (Å²) in [6.07, 6.45) is 0. The largest absolute Gasteiger partial charge is 0.454 e. The minimum Gasteiger partial charge on any atom is -0.454 e. The molecule has 2 aliphatic heterocycles. The van der Waals surface area contributed by atoms with Crippen molar-refractivity contribution in [3.8, 4) is 34.3 Å². The third kappa shape index (κ3) is 1.88. The van der Waals surface area contributed by atoms with E-state index in [4.69, 9.17) is 18.9 Å². The molecule has 2 aromatic carbocycles. The molecular weight excluding hydrogens is 296 g/mol. The molecule has 1 aromatic heterocycles. The van der Waals surface area contributed by atoms with E-state index in [9.17, 15) is 0 Å². The monoisotopic (exact) mass is 308 g/mol. The van der Waals surface area contributed by atoms with E-state index in [0.717, 1.165) is 33.7 Å². The van der Waals surface area contributed by atoms with Crippen LogP contribution in [0.15, 0.2) is 30.3 Å². The molecule has 0 aliphatic carbocycles. The molecule has 0 spiro atoms. The summed E-state index contributed by atoms with van der Waals surface area (Å²) in [6, 6.07) is 9.63. The first kappa shape index (κ1) is 12.5. The quantitative estimate of drug-likeness (QED) is 0.688. The van der Waals surface area contributed by atoms with Crippen LogP contribution in [0, 0.1) is 6.92 Å². The van der Waals surface area contributed by atoms with Crippen LogP contribution in [0.1, 0.15) is 5.82 Å². The smallest absolute Gasteiger partial charge is 0.231 e. The van der Waals surface area contributed by atoms with Crippen LogP contribution in [-0.2, 0) is 0 Å². The highest BCUT2D eigenvalue weighted by Gasteiger charge is 2.20. The minimum atomic E-state index is 0.234. The number of hydrogen-bond donors (Lipinski definition) is 0. The number of rotatable bonds is 1. The van der Waals surface area contributed by atoms with E-state index in [1.54, 1.807) is 0 Å². The maximum absolute atomic E-state index is 5.48. The topological polar surface area (TPSA) is 62.7 Å². The van der Waals surface area contributed by atoms with E-state index < -0.39 is 0 Å². The lowest BCUT2D eigenvalue weighted by atomic mass is 10.0. The van der Waals surface area contributed by atoms with Gasteiger partial charge in [0, 0.05) is 17.0 Å². The Labute approximate surface area is 131 Å². The molecule has 0 N–H and O–H groups in total. The van der Waals surface area contributed by atoms with Gasteiger partial charge in [0.25, 0.3) is 0 Å². The third-order valence-corrected chi connectivity index (χ3v) is 3.95. The highest BCUT2D eigenvalue weighted by Crippen LogP contribution is 2.40. The molecule has 0 amide bonds. The predicted molar refractivity (Wildman–Crippen MR) is 82.0 cm³/mol. The average molecular weight is 308 g/mol. The molecule has 23 heavy (non-hydrogen) atoms. The SMILES string of the molecule is Cc1nc(-c2ccc3c(c2)OCO3)c2cc3c(cc2n1)OCO3.